The average Bonchev–Trinajstić information content (AvgIpc) is 1.97. The number of rotatable bonds is 0. The molecule has 0 aromatic carbocycles. The Bertz CT molecular complexity index is 259. The van der Waals surface area contributed by atoms with Crippen molar-refractivity contribution in [2.75, 3.05) is 0 Å². The molecule has 7 heteroatoms. The van der Waals surface area contributed by atoms with Gasteiger partial charge in [0.1, 0.15) is 0 Å². The second-order valence-electron chi connectivity index (χ2n) is 4.35. The van der Waals surface area contributed by atoms with E-state index in [1.807, 2.05) is 19.8 Å². The molecule has 0 aliphatic carbocycles. The molecular formula is C8H16O5Sn2. The molecule has 0 radical (unpaired) electrons. The van der Waals surface area contributed by atoms with Crippen LogP contribution in [0.25, 0.3) is 0 Å². The summed E-state index contributed by atoms with van der Waals surface area (Å²) >= 11 is -6.44. The van der Waals surface area contributed by atoms with Gasteiger partial charge in [0.15, 0.2) is 0 Å². The Morgan fingerprint density at radius 3 is 1.53 bits per heavy atom. The van der Waals surface area contributed by atoms with Crippen molar-refractivity contribution in [3.05, 3.63) is 0 Å². The van der Waals surface area contributed by atoms with Crippen molar-refractivity contribution in [2.24, 2.45) is 0 Å². The van der Waals surface area contributed by atoms with Gasteiger partial charge in [-0.25, -0.2) is 0 Å². The molecule has 0 saturated carbocycles. The second-order valence-corrected chi connectivity index (χ2v) is 26.0. The maximum atomic E-state index is 11.3. The van der Waals surface area contributed by atoms with Gasteiger partial charge in [0.05, 0.1) is 0 Å². The predicted octanol–water partition coefficient (Wildman–Crippen LogP) is 1.29. The summed E-state index contributed by atoms with van der Waals surface area (Å²) in [4.78, 5) is 30.1. The molecule has 1 aliphatic rings. The van der Waals surface area contributed by atoms with Gasteiger partial charge in [-0.2, -0.15) is 0 Å². The number of carbonyl (C=O) groups excluding carboxylic acids is 2. The topological polar surface area (TPSA) is 61.8 Å². The quantitative estimate of drug-likeness (QED) is 0.543. The zero-order valence-corrected chi connectivity index (χ0v) is 15.2. The molecule has 0 bridgehead atoms. The molecule has 5 nitrogen and oxygen atoms in total. The predicted molar refractivity (Wildman–Crippen MR) is 57.5 cm³/mol. The van der Waals surface area contributed by atoms with Crippen LogP contribution in [0.3, 0.4) is 0 Å². The van der Waals surface area contributed by atoms with Crippen LogP contribution in [-0.4, -0.2) is 50.3 Å². The average molecular weight is 430 g/mol. The molecule has 0 amide bonds. The fourth-order valence-corrected chi connectivity index (χ4v) is 33.1. The van der Waals surface area contributed by atoms with Crippen molar-refractivity contribution in [2.45, 2.75) is 32.6 Å². The van der Waals surface area contributed by atoms with Crippen LogP contribution < -0.4 is 0 Å². The summed E-state index contributed by atoms with van der Waals surface area (Å²) in [6, 6.07) is 0. The molecule has 0 aromatic heterocycles. The number of carbonyl (C=O) groups is 2. The molecule has 0 atom stereocenters. The Morgan fingerprint density at radius 1 is 0.867 bits per heavy atom. The Morgan fingerprint density at radius 2 is 1.20 bits per heavy atom. The van der Waals surface area contributed by atoms with Crippen molar-refractivity contribution in [1.29, 1.82) is 0 Å². The van der Waals surface area contributed by atoms with Crippen LogP contribution in [0.5, 0.6) is 0 Å². The molecule has 0 aromatic rings. The molecule has 1 rings (SSSR count). The third kappa shape index (κ3) is 4.90. The second kappa shape index (κ2) is 4.78. The van der Waals surface area contributed by atoms with Crippen LogP contribution >= 0.6 is 0 Å². The van der Waals surface area contributed by atoms with Crippen molar-refractivity contribution >= 4 is 50.3 Å². The van der Waals surface area contributed by atoms with E-state index >= 15 is 0 Å². The van der Waals surface area contributed by atoms with E-state index in [1.54, 1.807) is 0 Å². The summed E-state index contributed by atoms with van der Waals surface area (Å²) in [5.74, 6) is -0.673. The SMILES string of the molecule is [CH3][Sn]1([CH3])[O]C(=O)CCC(=O)[O][Sn]([CH3])([CH3])[O]1. The van der Waals surface area contributed by atoms with Gasteiger partial charge in [0.25, 0.3) is 0 Å². The van der Waals surface area contributed by atoms with Crippen molar-refractivity contribution in [3.63, 3.8) is 0 Å². The van der Waals surface area contributed by atoms with E-state index in [1.165, 1.54) is 0 Å². The normalized spacial score (nSPS) is 25.6. The minimum absolute atomic E-state index is 0.102. The first-order valence-electron chi connectivity index (χ1n) is 4.84. The maximum absolute atomic E-state index is 11.3. The van der Waals surface area contributed by atoms with E-state index in [0.717, 1.165) is 0 Å². The monoisotopic (exact) mass is 432 g/mol. The molecule has 1 heterocycles. The van der Waals surface area contributed by atoms with Crippen LogP contribution in [-0.2, 0) is 17.1 Å². The van der Waals surface area contributed by atoms with Gasteiger partial charge < -0.3 is 0 Å². The summed E-state index contributed by atoms with van der Waals surface area (Å²) in [7, 11) is 0. The van der Waals surface area contributed by atoms with Gasteiger partial charge in [-0.05, 0) is 0 Å². The summed E-state index contributed by atoms with van der Waals surface area (Å²) < 4.78 is 16.4. The van der Waals surface area contributed by atoms with E-state index in [2.05, 4.69) is 0 Å². The van der Waals surface area contributed by atoms with Crippen LogP contribution in [0.1, 0.15) is 12.8 Å². The Balaban J connectivity index is 2.85. The van der Waals surface area contributed by atoms with Gasteiger partial charge in [0.2, 0.25) is 0 Å². The third-order valence-corrected chi connectivity index (χ3v) is 27.5. The molecule has 0 N–H and O–H groups in total. The fourth-order valence-electron chi connectivity index (χ4n) is 1.49. The third-order valence-electron chi connectivity index (χ3n) is 1.74. The van der Waals surface area contributed by atoms with Gasteiger partial charge in [0, 0.05) is 0 Å². The minimum atomic E-state index is -3.22. The van der Waals surface area contributed by atoms with Gasteiger partial charge in [-0.3, -0.25) is 0 Å². The summed E-state index contributed by atoms with van der Waals surface area (Å²) in [6.45, 7) is 0. The fraction of sp³-hybridized carbons (Fsp3) is 0.750. The molecule has 1 fully saturated rings. The van der Waals surface area contributed by atoms with Crippen molar-refractivity contribution < 1.29 is 17.1 Å². The van der Waals surface area contributed by atoms with Crippen LogP contribution in [0, 0.1) is 0 Å². The van der Waals surface area contributed by atoms with Crippen molar-refractivity contribution in [1.82, 2.24) is 0 Å². The van der Waals surface area contributed by atoms with Gasteiger partial charge in [-0.15, -0.1) is 0 Å². The molecule has 1 saturated heterocycles. The summed E-state index contributed by atoms with van der Waals surface area (Å²) in [6.07, 6.45) is 0.203. The molecular weight excluding hydrogens is 414 g/mol. The zero-order chi connectivity index (χ0) is 11.7. The molecule has 1 aliphatic heterocycles. The van der Waals surface area contributed by atoms with E-state index in [9.17, 15) is 9.59 Å². The van der Waals surface area contributed by atoms with Crippen LogP contribution in [0.4, 0.5) is 0 Å². The molecule has 15 heavy (non-hydrogen) atoms. The number of hydrogen-bond donors (Lipinski definition) is 0. The molecule has 86 valence electrons. The first kappa shape index (κ1) is 13.6. The zero-order valence-electron chi connectivity index (χ0n) is 9.46. The Hall–Kier alpha value is 0.497. The van der Waals surface area contributed by atoms with Crippen LogP contribution in [0.15, 0.2) is 0 Å². The van der Waals surface area contributed by atoms with E-state index < -0.39 is 38.4 Å². The van der Waals surface area contributed by atoms with Crippen LogP contribution in [0.2, 0.25) is 19.8 Å². The summed E-state index contributed by atoms with van der Waals surface area (Å²) in [5, 5.41) is 0. The van der Waals surface area contributed by atoms with E-state index in [0.29, 0.717) is 0 Å². The van der Waals surface area contributed by atoms with Gasteiger partial charge in [-0.1, -0.05) is 0 Å². The molecule has 0 unspecified atom stereocenters. The number of hydrogen-bond acceptors (Lipinski definition) is 5. The molecule has 0 spiro atoms. The van der Waals surface area contributed by atoms with E-state index in [-0.39, 0.29) is 24.8 Å². The summed E-state index contributed by atoms with van der Waals surface area (Å²) in [5.41, 5.74) is 0. The first-order valence-corrected chi connectivity index (χ1v) is 20.9. The standard InChI is InChI=1S/C4H6O4.4CH3.O.2Sn/c5-3(6)1-2-4(7)8;;;;;;;/h1-2H2,(H,5,6)(H,7,8);4*1H3;;;/q;;;;;;2*+1/p-2. The van der Waals surface area contributed by atoms with Gasteiger partial charge >= 0.3 is 100 Å². The first-order chi connectivity index (χ1) is 6.70. The van der Waals surface area contributed by atoms with E-state index in [4.69, 9.17) is 7.56 Å². The van der Waals surface area contributed by atoms with Crippen molar-refractivity contribution in [3.8, 4) is 0 Å². The Kier molecular flexibility index (Phi) is 4.32. The Labute approximate surface area is 99.4 Å².